The summed E-state index contributed by atoms with van der Waals surface area (Å²) in [4.78, 5) is 31.5. The molecule has 150 valence electrons. The van der Waals surface area contributed by atoms with E-state index in [4.69, 9.17) is 9.15 Å². The largest absolute Gasteiger partial charge is 0.496 e. The minimum absolute atomic E-state index is 0.237. The number of aromatic nitrogens is 1. The second-order valence-electron chi connectivity index (χ2n) is 6.86. The standard InChI is InChI=1S/C21H21N3O4S/c1-13-7-8-17(27-2)14(11-13)15-12-29-21(22-15)23-19(25)16-5-3-9-24(16)20(26)18-6-4-10-28-18/h4,6-8,10-12,16H,3,5,9H2,1-2H3,(H,22,23,25)/t16-/m0/s1. The summed E-state index contributed by atoms with van der Waals surface area (Å²) in [5.74, 6) is 0.467. The van der Waals surface area contributed by atoms with Crippen molar-refractivity contribution >= 4 is 28.3 Å². The summed E-state index contributed by atoms with van der Waals surface area (Å²) in [6.07, 6.45) is 2.84. The van der Waals surface area contributed by atoms with E-state index in [0.717, 1.165) is 29.0 Å². The van der Waals surface area contributed by atoms with Crippen molar-refractivity contribution < 1.29 is 18.7 Å². The first-order valence-corrected chi connectivity index (χ1v) is 10.2. The molecule has 1 fully saturated rings. The average molecular weight is 411 g/mol. The summed E-state index contributed by atoms with van der Waals surface area (Å²) >= 11 is 1.34. The molecule has 2 amide bonds. The number of hydrogen-bond donors (Lipinski definition) is 1. The summed E-state index contributed by atoms with van der Waals surface area (Å²) in [5.41, 5.74) is 2.71. The van der Waals surface area contributed by atoms with E-state index in [1.165, 1.54) is 17.6 Å². The van der Waals surface area contributed by atoms with E-state index in [-0.39, 0.29) is 17.6 Å². The zero-order valence-electron chi connectivity index (χ0n) is 16.2. The number of rotatable bonds is 5. The molecule has 3 aromatic rings. The van der Waals surface area contributed by atoms with Gasteiger partial charge in [0.05, 0.1) is 19.1 Å². The molecule has 3 heterocycles. The lowest BCUT2D eigenvalue weighted by Crippen LogP contribution is -2.43. The SMILES string of the molecule is COc1ccc(C)cc1-c1csc(NC(=O)[C@@H]2CCCN2C(=O)c2ccco2)n1. The third-order valence-corrected chi connectivity index (χ3v) is 5.67. The van der Waals surface area contributed by atoms with Crippen LogP contribution in [-0.4, -0.2) is 41.4 Å². The quantitative estimate of drug-likeness (QED) is 0.687. The molecule has 1 aliphatic heterocycles. The van der Waals surface area contributed by atoms with Crippen molar-refractivity contribution in [1.82, 2.24) is 9.88 Å². The number of furan rings is 1. The van der Waals surface area contributed by atoms with Gasteiger partial charge in [-0.25, -0.2) is 4.98 Å². The molecule has 1 saturated heterocycles. The van der Waals surface area contributed by atoms with Gasteiger partial charge in [-0.15, -0.1) is 11.3 Å². The molecule has 0 spiro atoms. The van der Waals surface area contributed by atoms with Crippen LogP contribution in [-0.2, 0) is 4.79 Å². The number of methoxy groups -OCH3 is 1. The van der Waals surface area contributed by atoms with E-state index in [2.05, 4.69) is 10.3 Å². The number of hydrogen-bond acceptors (Lipinski definition) is 6. The lowest BCUT2D eigenvalue weighted by molar-refractivity contribution is -0.119. The monoisotopic (exact) mass is 411 g/mol. The average Bonchev–Trinajstić information content (AvgIpc) is 3.48. The van der Waals surface area contributed by atoms with Gasteiger partial charge in [0.25, 0.3) is 5.91 Å². The van der Waals surface area contributed by atoms with E-state index in [1.54, 1.807) is 24.1 Å². The fourth-order valence-electron chi connectivity index (χ4n) is 3.49. The highest BCUT2D eigenvalue weighted by Gasteiger charge is 2.35. The molecule has 1 N–H and O–H groups in total. The highest BCUT2D eigenvalue weighted by molar-refractivity contribution is 7.14. The van der Waals surface area contributed by atoms with Crippen molar-refractivity contribution in [3.8, 4) is 17.0 Å². The van der Waals surface area contributed by atoms with Gasteiger partial charge in [-0.1, -0.05) is 11.6 Å². The maximum atomic E-state index is 12.8. The molecule has 29 heavy (non-hydrogen) atoms. The Kier molecular flexibility index (Phi) is 5.35. The number of benzene rings is 1. The third-order valence-electron chi connectivity index (χ3n) is 4.91. The number of likely N-dealkylation sites (tertiary alicyclic amines) is 1. The molecule has 1 aromatic carbocycles. The van der Waals surface area contributed by atoms with Crippen LogP contribution in [0.5, 0.6) is 5.75 Å². The van der Waals surface area contributed by atoms with Crippen LogP contribution in [0.2, 0.25) is 0 Å². The summed E-state index contributed by atoms with van der Waals surface area (Å²) in [7, 11) is 1.62. The number of ether oxygens (including phenoxy) is 1. The van der Waals surface area contributed by atoms with Crippen molar-refractivity contribution in [2.75, 3.05) is 19.0 Å². The number of carbonyl (C=O) groups is 2. The van der Waals surface area contributed by atoms with Gasteiger partial charge in [-0.3, -0.25) is 9.59 Å². The highest BCUT2D eigenvalue weighted by atomic mass is 32.1. The maximum absolute atomic E-state index is 12.8. The summed E-state index contributed by atoms with van der Waals surface area (Å²) in [6.45, 7) is 2.53. The Morgan fingerprint density at radius 3 is 2.97 bits per heavy atom. The molecule has 1 atom stereocenters. The zero-order valence-corrected chi connectivity index (χ0v) is 17.0. The van der Waals surface area contributed by atoms with Crippen molar-refractivity contribution in [2.45, 2.75) is 25.8 Å². The number of anilines is 1. The van der Waals surface area contributed by atoms with Gasteiger partial charge < -0.3 is 19.4 Å². The van der Waals surface area contributed by atoms with Crippen LogP contribution in [0.4, 0.5) is 5.13 Å². The van der Waals surface area contributed by atoms with Crippen LogP contribution in [0.15, 0.2) is 46.4 Å². The molecule has 0 bridgehead atoms. The highest BCUT2D eigenvalue weighted by Crippen LogP contribution is 2.33. The minimum atomic E-state index is -0.534. The normalized spacial score (nSPS) is 16.1. The fourth-order valence-corrected chi connectivity index (χ4v) is 4.20. The molecule has 0 aliphatic carbocycles. The lowest BCUT2D eigenvalue weighted by Gasteiger charge is -2.22. The van der Waals surface area contributed by atoms with Crippen LogP contribution >= 0.6 is 11.3 Å². The zero-order chi connectivity index (χ0) is 20.4. The van der Waals surface area contributed by atoms with E-state index in [0.29, 0.717) is 18.1 Å². The molecule has 0 unspecified atom stereocenters. The first kappa shape index (κ1) is 19.2. The third kappa shape index (κ3) is 3.88. The first-order valence-electron chi connectivity index (χ1n) is 9.32. The van der Waals surface area contributed by atoms with Crippen molar-refractivity contribution in [2.24, 2.45) is 0 Å². The number of thiazole rings is 1. The number of amides is 2. The minimum Gasteiger partial charge on any atom is -0.496 e. The molecule has 7 nitrogen and oxygen atoms in total. The van der Waals surface area contributed by atoms with Crippen molar-refractivity contribution in [1.29, 1.82) is 0 Å². The van der Waals surface area contributed by atoms with Crippen LogP contribution in [0.25, 0.3) is 11.3 Å². The number of carbonyl (C=O) groups excluding carboxylic acids is 2. The van der Waals surface area contributed by atoms with Gasteiger partial charge in [0, 0.05) is 17.5 Å². The topological polar surface area (TPSA) is 84.7 Å². The summed E-state index contributed by atoms with van der Waals surface area (Å²) in [6, 6.07) is 8.61. The Morgan fingerprint density at radius 2 is 2.21 bits per heavy atom. The van der Waals surface area contributed by atoms with E-state index >= 15 is 0 Å². The molecule has 0 radical (unpaired) electrons. The van der Waals surface area contributed by atoms with E-state index in [1.807, 2.05) is 30.5 Å². The second kappa shape index (κ2) is 8.08. The van der Waals surface area contributed by atoms with Gasteiger partial charge in [0.15, 0.2) is 10.9 Å². The fraction of sp³-hybridized carbons (Fsp3) is 0.286. The van der Waals surface area contributed by atoms with Crippen molar-refractivity contribution in [3.05, 3.63) is 53.3 Å². The smallest absolute Gasteiger partial charge is 0.290 e. The van der Waals surface area contributed by atoms with E-state index < -0.39 is 6.04 Å². The predicted molar refractivity (Wildman–Crippen MR) is 110 cm³/mol. The maximum Gasteiger partial charge on any atom is 0.290 e. The molecule has 1 aliphatic rings. The van der Waals surface area contributed by atoms with Gasteiger partial charge in [-0.2, -0.15) is 0 Å². The Hall–Kier alpha value is -3.13. The molecular formula is C21H21N3O4S. The van der Waals surface area contributed by atoms with Gasteiger partial charge in [-0.05, 0) is 44.0 Å². The summed E-state index contributed by atoms with van der Waals surface area (Å²) < 4.78 is 10.6. The molecule has 2 aromatic heterocycles. The molecule has 8 heteroatoms. The van der Waals surface area contributed by atoms with Gasteiger partial charge in [0.2, 0.25) is 5.91 Å². The van der Waals surface area contributed by atoms with Crippen LogP contribution < -0.4 is 10.1 Å². The van der Waals surface area contributed by atoms with Crippen LogP contribution in [0, 0.1) is 6.92 Å². The lowest BCUT2D eigenvalue weighted by atomic mass is 10.1. The predicted octanol–water partition coefficient (Wildman–Crippen LogP) is 3.96. The van der Waals surface area contributed by atoms with E-state index in [9.17, 15) is 9.59 Å². The van der Waals surface area contributed by atoms with Gasteiger partial charge >= 0.3 is 0 Å². The Balaban J connectivity index is 1.49. The summed E-state index contributed by atoms with van der Waals surface area (Å²) in [5, 5.41) is 5.23. The molecular weight excluding hydrogens is 390 g/mol. The number of nitrogens with one attached hydrogen (secondary N) is 1. The number of nitrogens with zero attached hydrogens (tertiary/aromatic N) is 2. The first-order chi connectivity index (χ1) is 14.1. The second-order valence-corrected chi connectivity index (χ2v) is 7.72. The van der Waals surface area contributed by atoms with Crippen molar-refractivity contribution in [3.63, 3.8) is 0 Å². The molecule has 4 rings (SSSR count). The van der Waals surface area contributed by atoms with Crippen LogP contribution in [0.1, 0.15) is 29.0 Å². The van der Waals surface area contributed by atoms with Crippen LogP contribution in [0.3, 0.4) is 0 Å². The number of aryl methyl sites for hydroxylation is 1. The molecule has 0 saturated carbocycles. The van der Waals surface area contributed by atoms with Gasteiger partial charge in [0.1, 0.15) is 11.8 Å². The Labute approximate surface area is 172 Å². The Bertz CT molecular complexity index is 1030. The Morgan fingerprint density at radius 1 is 1.34 bits per heavy atom.